The quantitative estimate of drug-likeness (QED) is 0.468. The first kappa shape index (κ1) is 18.2. The molecule has 2 aromatic heterocycles. The summed E-state index contributed by atoms with van der Waals surface area (Å²) in [4.78, 5) is 10.1. The smallest absolute Gasteiger partial charge is 0.226 e. The minimum absolute atomic E-state index is 0.180. The van der Waals surface area contributed by atoms with E-state index in [1.807, 2.05) is 35.1 Å². The summed E-state index contributed by atoms with van der Waals surface area (Å²) in [5.74, 6) is 1.56. The van der Waals surface area contributed by atoms with E-state index in [9.17, 15) is 0 Å². The van der Waals surface area contributed by atoms with E-state index >= 15 is 0 Å². The van der Waals surface area contributed by atoms with E-state index in [0.717, 1.165) is 33.7 Å². The molecule has 2 aliphatic rings. The first-order chi connectivity index (χ1) is 15.3. The zero-order chi connectivity index (χ0) is 20.8. The zero-order valence-electron chi connectivity index (χ0n) is 16.8. The standard InChI is InChI=1S/C24H19N5OS/c1-31-17-10-8-15(9-11-17)23-20-21(18-6-2-3-7-19(18)30-23)28-24-26-14-27-29(24)22(20)16-5-4-12-25-13-16/h2-14,22-23H,1H3,(H,26,27,28). The molecule has 6 rings (SSSR count). The van der Waals surface area contributed by atoms with Crippen molar-refractivity contribution in [2.24, 2.45) is 0 Å². The highest BCUT2D eigenvalue weighted by molar-refractivity contribution is 7.98. The van der Waals surface area contributed by atoms with Crippen LogP contribution in [0, 0.1) is 0 Å². The summed E-state index contributed by atoms with van der Waals surface area (Å²) >= 11 is 1.73. The van der Waals surface area contributed by atoms with E-state index in [0.29, 0.717) is 5.95 Å². The third kappa shape index (κ3) is 2.92. The van der Waals surface area contributed by atoms with Crippen LogP contribution in [0.3, 0.4) is 0 Å². The van der Waals surface area contributed by atoms with Gasteiger partial charge in [0.05, 0.1) is 5.70 Å². The topological polar surface area (TPSA) is 64.9 Å². The second-order valence-corrected chi connectivity index (χ2v) is 8.32. The number of hydrogen-bond acceptors (Lipinski definition) is 6. The molecule has 4 aromatic rings. The zero-order valence-corrected chi connectivity index (χ0v) is 17.6. The largest absolute Gasteiger partial charge is 0.480 e. The highest BCUT2D eigenvalue weighted by Crippen LogP contribution is 2.50. The highest BCUT2D eigenvalue weighted by Gasteiger charge is 2.40. The van der Waals surface area contributed by atoms with Crippen LogP contribution < -0.4 is 10.1 Å². The van der Waals surface area contributed by atoms with Crippen LogP contribution in [-0.2, 0) is 0 Å². The van der Waals surface area contributed by atoms with E-state index in [2.05, 4.69) is 63.0 Å². The molecule has 2 aliphatic heterocycles. The van der Waals surface area contributed by atoms with E-state index in [-0.39, 0.29) is 12.1 Å². The molecule has 0 saturated carbocycles. The molecule has 4 heterocycles. The summed E-state index contributed by atoms with van der Waals surface area (Å²) in [5.41, 5.74) is 5.28. The molecule has 0 fully saturated rings. The molecule has 6 nitrogen and oxygen atoms in total. The Hall–Kier alpha value is -3.58. The lowest BCUT2D eigenvalue weighted by Crippen LogP contribution is -2.32. The van der Waals surface area contributed by atoms with Crippen LogP contribution in [0.2, 0.25) is 0 Å². The SMILES string of the molecule is CSc1ccc(C2Oc3ccccc3C3=C2C(c2cccnc2)n2ncnc2N3)cc1. The summed E-state index contributed by atoms with van der Waals surface area (Å²) in [6, 6.07) is 20.5. The summed E-state index contributed by atoms with van der Waals surface area (Å²) in [6.45, 7) is 0. The molecular formula is C24H19N5OS. The van der Waals surface area contributed by atoms with Gasteiger partial charge in [0, 0.05) is 28.4 Å². The maximum Gasteiger partial charge on any atom is 0.226 e. The molecule has 152 valence electrons. The second-order valence-electron chi connectivity index (χ2n) is 7.44. The average molecular weight is 426 g/mol. The van der Waals surface area contributed by atoms with Crippen molar-refractivity contribution in [2.45, 2.75) is 17.0 Å². The van der Waals surface area contributed by atoms with Gasteiger partial charge in [0.2, 0.25) is 5.95 Å². The molecule has 0 radical (unpaired) electrons. The number of rotatable bonds is 3. The van der Waals surface area contributed by atoms with Gasteiger partial charge >= 0.3 is 0 Å². The lowest BCUT2D eigenvalue weighted by Gasteiger charge is -2.38. The van der Waals surface area contributed by atoms with Crippen molar-refractivity contribution in [3.63, 3.8) is 0 Å². The van der Waals surface area contributed by atoms with Crippen molar-refractivity contribution in [2.75, 3.05) is 11.6 Å². The molecule has 2 aromatic carbocycles. The molecule has 2 unspecified atom stereocenters. The van der Waals surface area contributed by atoms with Crippen molar-refractivity contribution < 1.29 is 4.74 Å². The first-order valence-corrected chi connectivity index (χ1v) is 11.3. The Labute approximate surface area is 184 Å². The normalized spacial score (nSPS) is 19.0. The fraction of sp³-hybridized carbons (Fsp3) is 0.125. The van der Waals surface area contributed by atoms with Crippen LogP contribution in [0.4, 0.5) is 5.95 Å². The Kier molecular flexibility index (Phi) is 4.28. The maximum atomic E-state index is 6.62. The highest BCUT2D eigenvalue weighted by atomic mass is 32.2. The van der Waals surface area contributed by atoms with E-state index in [1.54, 1.807) is 24.3 Å². The van der Waals surface area contributed by atoms with Crippen molar-refractivity contribution in [3.05, 3.63) is 102 Å². The minimum atomic E-state index is -0.268. The minimum Gasteiger partial charge on any atom is -0.480 e. The van der Waals surface area contributed by atoms with Gasteiger partial charge < -0.3 is 10.1 Å². The predicted molar refractivity (Wildman–Crippen MR) is 121 cm³/mol. The Bertz CT molecular complexity index is 1280. The fourth-order valence-electron chi connectivity index (χ4n) is 4.33. The van der Waals surface area contributed by atoms with E-state index < -0.39 is 0 Å². The van der Waals surface area contributed by atoms with Gasteiger partial charge in [-0.15, -0.1) is 11.8 Å². The summed E-state index contributed by atoms with van der Waals surface area (Å²) in [7, 11) is 0. The second kappa shape index (κ2) is 7.28. The molecule has 31 heavy (non-hydrogen) atoms. The number of nitrogens with zero attached hydrogens (tertiary/aromatic N) is 4. The first-order valence-electron chi connectivity index (χ1n) is 10.0. The summed E-state index contributed by atoms with van der Waals surface area (Å²) in [5, 5.41) is 8.06. The van der Waals surface area contributed by atoms with Crippen molar-refractivity contribution in [3.8, 4) is 5.75 Å². The number of fused-ring (bicyclic) bond motifs is 3. The Morgan fingerprint density at radius 2 is 1.87 bits per heavy atom. The molecule has 0 saturated heterocycles. The summed E-state index contributed by atoms with van der Waals surface area (Å²) < 4.78 is 8.53. The number of ether oxygens (including phenoxy) is 1. The van der Waals surface area contributed by atoms with E-state index in [1.165, 1.54) is 4.90 Å². The molecule has 2 atom stereocenters. The van der Waals surface area contributed by atoms with E-state index in [4.69, 9.17) is 4.74 Å². The van der Waals surface area contributed by atoms with Gasteiger partial charge in [0.15, 0.2) is 0 Å². The summed E-state index contributed by atoms with van der Waals surface area (Å²) in [6.07, 6.45) is 7.07. The predicted octanol–water partition coefficient (Wildman–Crippen LogP) is 4.95. The van der Waals surface area contributed by atoms with Crippen molar-refractivity contribution in [1.82, 2.24) is 19.7 Å². The number of hydrogen-bond donors (Lipinski definition) is 1. The van der Waals surface area contributed by atoms with Gasteiger partial charge in [-0.25, -0.2) is 4.68 Å². The van der Waals surface area contributed by atoms with Gasteiger partial charge in [-0.05, 0) is 47.7 Å². The van der Waals surface area contributed by atoms with Crippen molar-refractivity contribution in [1.29, 1.82) is 0 Å². The number of thioether (sulfide) groups is 1. The Morgan fingerprint density at radius 1 is 1.00 bits per heavy atom. The van der Waals surface area contributed by atoms with Crippen molar-refractivity contribution >= 4 is 23.4 Å². The lowest BCUT2D eigenvalue weighted by molar-refractivity contribution is 0.223. The Morgan fingerprint density at radius 3 is 2.68 bits per heavy atom. The number of benzene rings is 2. The van der Waals surface area contributed by atoms with Gasteiger partial charge in [0.25, 0.3) is 0 Å². The molecule has 0 amide bonds. The molecule has 0 bridgehead atoms. The number of para-hydroxylation sites is 1. The molecule has 1 N–H and O–H groups in total. The molecule has 0 spiro atoms. The number of aromatic nitrogens is 4. The van der Waals surface area contributed by atoms with Gasteiger partial charge in [-0.1, -0.05) is 30.3 Å². The van der Waals surface area contributed by atoms with Crippen LogP contribution in [0.1, 0.15) is 28.8 Å². The average Bonchev–Trinajstić information content (AvgIpc) is 3.31. The molecular weight excluding hydrogens is 406 g/mol. The third-order valence-corrected chi connectivity index (χ3v) is 6.48. The maximum absolute atomic E-state index is 6.62. The van der Waals surface area contributed by atoms with Crippen LogP contribution in [0.25, 0.3) is 5.70 Å². The lowest BCUT2D eigenvalue weighted by atomic mass is 9.85. The number of anilines is 1. The Balaban J connectivity index is 1.60. The third-order valence-electron chi connectivity index (χ3n) is 5.74. The van der Waals surface area contributed by atoms with Crippen LogP contribution in [0.5, 0.6) is 5.75 Å². The van der Waals surface area contributed by atoms with Gasteiger partial charge in [0.1, 0.15) is 24.2 Å². The molecule has 7 heteroatoms. The number of pyridine rings is 1. The van der Waals surface area contributed by atoms with Crippen LogP contribution >= 0.6 is 11.8 Å². The van der Waals surface area contributed by atoms with Crippen LogP contribution in [0.15, 0.2) is 89.9 Å². The van der Waals surface area contributed by atoms with Gasteiger partial charge in [-0.2, -0.15) is 10.1 Å². The van der Waals surface area contributed by atoms with Gasteiger partial charge in [-0.3, -0.25) is 4.98 Å². The monoisotopic (exact) mass is 425 g/mol. The fourth-order valence-corrected chi connectivity index (χ4v) is 4.74. The number of nitrogens with one attached hydrogen (secondary N) is 1. The molecule has 0 aliphatic carbocycles. The van der Waals surface area contributed by atoms with Crippen LogP contribution in [-0.4, -0.2) is 26.0 Å².